The summed E-state index contributed by atoms with van der Waals surface area (Å²) in [6.07, 6.45) is 6.93. The first-order valence-corrected chi connectivity index (χ1v) is 12.7. The van der Waals surface area contributed by atoms with Gasteiger partial charge in [0.05, 0.1) is 16.8 Å². The van der Waals surface area contributed by atoms with E-state index < -0.39 is 0 Å². The molecule has 1 fully saturated rings. The number of nitrogens with one attached hydrogen (secondary N) is 1. The Labute approximate surface area is 207 Å². The van der Waals surface area contributed by atoms with Crippen LogP contribution < -0.4 is 10.3 Å². The summed E-state index contributed by atoms with van der Waals surface area (Å²) in [6.45, 7) is 2.07. The highest BCUT2D eigenvalue weighted by Gasteiger charge is 2.40. The molecule has 2 aliphatic rings. The van der Waals surface area contributed by atoms with Crippen LogP contribution in [0.3, 0.4) is 0 Å². The first-order valence-electron chi connectivity index (χ1n) is 10.8. The van der Waals surface area contributed by atoms with E-state index in [-0.39, 0.29) is 23.9 Å². The number of nitrogens with zero attached hydrogens (tertiary/aromatic N) is 2. The third-order valence-electron chi connectivity index (χ3n) is 6.17. The van der Waals surface area contributed by atoms with Gasteiger partial charge in [0, 0.05) is 20.6 Å². The molecule has 2 aromatic rings. The van der Waals surface area contributed by atoms with Crippen molar-refractivity contribution in [2.75, 3.05) is 5.01 Å². The van der Waals surface area contributed by atoms with Crippen molar-refractivity contribution in [3.05, 3.63) is 61.6 Å². The van der Waals surface area contributed by atoms with Crippen LogP contribution in [0.2, 0.25) is 10.0 Å². The Morgan fingerprint density at radius 3 is 2.39 bits per heavy atom. The number of carbonyl (C=O) groups excluding carboxylic acids is 1. The second-order valence-corrected chi connectivity index (χ2v) is 10.5. The molecule has 2 unspecified atom stereocenters. The molecular formula is C24H26Cl2IN3O. The number of carbonyl (C=O) groups is 1. The van der Waals surface area contributed by atoms with Gasteiger partial charge in [-0.15, -0.1) is 0 Å². The van der Waals surface area contributed by atoms with Crippen molar-refractivity contribution in [3.8, 4) is 0 Å². The van der Waals surface area contributed by atoms with Gasteiger partial charge in [0.25, 0.3) is 5.91 Å². The van der Waals surface area contributed by atoms with Gasteiger partial charge in [-0.3, -0.25) is 9.80 Å². The van der Waals surface area contributed by atoms with Crippen molar-refractivity contribution in [2.24, 2.45) is 11.0 Å². The molecule has 1 N–H and O–H groups in total. The van der Waals surface area contributed by atoms with Crippen LogP contribution in [0.4, 0.5) is 5.69 Å². The lowest BCUT2D eigenvalue weighted by Gasteiger charge is -2.27. The molecular weight excluding hydrogens is 544 g/mol. The first-order chi connectivity index (χ1) is 14.9. The number of halogens is 3. The number of anilines is 1. The quantitative estimate of drug-likeness (QED) is 0.318. The lowest BCUT2D eigenvalue weighted by Crippen LogP contribution is -2.40. The highest BCUT2D eigenvalue weighted by molar-refractivity contribution is 14.1. The van der Waals surface area contributed by atoms with Crippen molar-refractivity contribution in [1.29, 1.82) is 0 Å². The SMILES string of the molecule is CC1C(C(=O)NC2CCCCCC2)=NN(c2ccc(Cl)cc2Cl)C1c1ccc(I)cc1. The number of benzene rings is 2. The second kappa shape index (κ2) is 10.1. The number of hydrogen-bond donors (Lipinski definition) is 1. The maximum absolute atomic E-state index is 13.3. The number of rotatable bonds is 4. The molecule has 7 heteroatoms. The molecule has 0 bridgehead atoms. The smallest absolute Gasteiger partial charge is 0.268 e. The summed E-state index contributed by atoms with van der Waals surface area (Å²) in [6, 6.07) is 13.8. The normalized spacial score (nSPS) is 22.2. The summed E-state index contributed by atoms with van der Waals surface area (Å²) in [5, 5.41) is 11.0. The molecule has 0 saturated heterocycles. The summed E-state index contributed by atoms with van der Waals surface area (Å²) in [5.41, 5.74) is 2.40. The van der Waals surface area contributed by atoms with Gasteiger partial charge in [0.2, 0.25) is 0 Å². The molecule has 4 rings (SSSR count). The van der Waals surface area contributed by atoms with Gasteiger partial charge >= 0.3 is 0 Å². The van der Waals surface area contributed by atoms with Gasteiger partial charge in [-0.25, -0.2) is 0 Å². The van der Waals surface area contributed by atoms with Crippen molar-refractivity contribution < 1.29 is 4.79 Å². The monoisotopic (exact) mass is 569 g/mol. The van der Waals surface area contributed by atoms with E-state index in [0.29, 0.717) is 15.8 Å². The lowest BCUT2D eigenvalue weighted by atomic mass is 9.90. The topological polar surface area (TPSA) is 44.7 Å². The van der Waals surface area contributed by atoms with Gasteiger partial charge in [-0.1, -0.05) is 67.9 Å². The summed E-state index contributed by atoms with van der Waals surface area (Å²) in [7, 11) is 0. The molecule has 164 valence electrons. The van der Waals surface area contributed by atoms with Gasteiger partial charge < -0.3 is 5.32 Å². The van der Waals surface area contributed by atoms with Crippen molar-refractivity contribution in [1.82, 2.24) is 5.32 Å². The molecule has 2 aromatic carbocycles. The van der Waals surface area contributed by atoms with Gasteiger partial charge in [0.1, 0.15) is 5.71 Å². The Hall–Kier alpha value is -1.31. The summed E-state index contributed by atoms with van der Waals surface area (Å²) in [5.74, 6) is -0.153. The van der Waals surface area contributed by atoms with E-state index in [4.69, 9.17) is 28.3 Å². The van der Waals surface area contributed by atoms with Crippen LogP contribution in [0.1, 0.15) is 57.1 Å². The van der Waals surface area contributed by atoms with E-state index in [0.717, 1.165) is 27.7 Å². The Morgan fingerprint density at radius 1 is 1.06 bits per heavy atom. The second-order valence-electron chi connectivity index (χ2n) is 8.37. The maximum Gasteiger partial charge on any atom is 0.268 e. The number of amides is 1. The van der Waals surface area contributed by atoms with Gasteiger partial charge in [-0.05, 0) is 71.3 Å². The minimum absolute atomic E-state index is 0.0671. The summed E-state index contributed by atoms with van der Waals surface area (Å²) < 4.78 is 1.16. The molecule has 0 spiro atoms. The lowest BCUT2D eigenvalue weighted by molar-refractivity contribution is -0.115. The molecule has 1 aliphatic carbocycles. The highest BCUT2D eigenvalue weighted by atomic mass is 127. The van der Waals surface area contributed by atoms with Gasteiger partial charge in [0.15, 0.2) is 0 Å². The number of hydrogen-bond acceptors (Lipinski definition) is 3. The molecule has 0 radical (unpaired) electrons. The molecule has 4 nitrogen and oxygen atoms in total. The van der Waals surface area contributed by atoms with Crippen LogP contribution in [0.25, 0.3) is 0 Å². The molecule has 1 heterocycles. The van der Waals surface area contributed by atoms with Crippen LogP contribution in [-0.4, -0.2) is 17.7 Å². The van der Waals surface area contributed by atoms with Crippen molar-refractivity contribution in [3.63, 3.8) is 0 Å². The molecule has 0 aromatic heterocycles. The highest BCUT2D eigenvalue weighted by Crippen LogP contribution is 2.42. The largest absolute Gasteiger partial charge is 0.348 e. The predicted octanol–water partition coefficient (Wildman–Crippen LogP) is 6.99. The fourth-order valence-electron chi connectivity index (χ4n) is 4.53. The summed E-state index contributed by atoms with van der Waals surface area (Å²) in [4.78, 5) is 13.3. The molecule has 1 saturated carbocycles. The zero-order valence-corrected chi connectivity index (χ0v) is 21.1. The van der Waals surface area contributed by atoms with Crippen LogP contribution in [-0.2, 0) is 4.79 Å². The zero-order chi connectivity index (χ0) is 22.0. The predicted molar refractivity (Wildman–Crippen MR) is 137 cm³/mol. The molecule has 1 amide bonds. The average molecular weight is 570 g/mol. The molecule has 2 atom stereocenters. The van der Waals surface area contributed by atoms with Crippen LogP contribution in [0.5, 0.6) is 0 Å². The number of hydrazone groups is 1. The Kier molecular flexibility index (Phi) is 7.44. The fourth-order valence-corrected chi connectivity index (χ4v) is 5.38. The minimum Gasteiger partial charge on any atom is -0.348 e. The summed E-state index contributed by atoms with van der Waals surface area (Å²) >= 11 is 15.0. The van der Waals surface area contributed by atoms with Crippen LogP contribution >= 0.6 is 45.8 Å². The van der Waals surface area contributed by atoms with Crippen molar-refractivity contribution >= 4 is 63.1 Å². The Morgan fingerprint density at radius 2 is 1.74 bits per heavy atom. The zero-order valence-electron chi connectivity index (χ0n) is 17.5. The standard InChI is InChI=1S/C24H26Cl2IN3O/c1-15-22(24(31)28-19-6-4-2-3-5-7-19)29-30(21-13-10-17(25)14-20(21)26)23(15)16-8-11-18(27)12-9-16/h8-15,19,23H,2-7H2,1H3,(H,28,31). The Balaban J connectivity index is 1.66. The Bertz CT molecular complexity index is 971. The van der Waals surface area contributed by atoms with Crippen LogP contribution in [0.15, 0.2) is 47.6 Å². The van der Waals surface area contributed by atoms with E-state index in [9.17, 15) is 4.79 Å². The maximum atomic E-state index is 13.3. The molecule has 31 heavy (non-hydrogen) atoms. The third kappa shape index (κ3) is 5.20. The van der Waals surface area contributed by atoms with E-state index in [2.05, 4.69) is 59.1 Å². The minimum atomic E-state index is -0.120. The van der Waals surface area contributed by atoms with E-state index in [1.165, 1.54) is 25.7 Å². The van der Waals surface area contributed by atoms with Crippen LogP contribution in [0, 0.1) is 9.49 Å². The van der Waals surface area contributed by atoms with E-state index in [1.807, 2.05) is 11.1 Å². The van der Waals surface area contributed by atoms with E-state index >= 15 is 0 Å². The van der Waals surface area contributed by atoms with Crippen molar-refractivity contribution in [2.45, 2.75) is 57.5 Å². The fraction of sp³-hybridized carbons (Fsp3) is 0.417. The first kappa shape index (κ1) is 22.9. The third-order valence-corrected chi connectivity index (χ3v) is 7.43. The van der Waals surface area contributed by atoms with E-state index in [1.54, 1.807) is 12.1 Å². The van der Waals surface area contributed by atoms with Gasteiger partial charge in [-0.2, -0.15) is 5.10 Å². The average Bonchev–Trinajstić information content (AvgIpc) is 2.89. The molecule has 1 aliphatic heterocycles.